The monoisotopic (exact) mass is 335 g/mol. The standard InChI is InChI=1S/C15H14FN5O.ClH/c16-10-4-2-9(3-5-10)11-8-12(20-19-11)13-18-14(21-22-13)15(17)6-1-7-15;/h2-5,8H,1,6-7,17H2,(H,19,20);1H. The van der Waals surface area contributed by atoms with E-state index in [4.69, 9.17) is 10.3 Å². The first-order valence-corrected chi connectivity index (χ1v) is 7.09. The second kappa shape index (κ2) is 5.75. The lowest BCUT2D eigenvalue weighted by Gasteiger charge is -2.34. The lowest BCUT2D eigenvalue weighted by atomic mass is 9.77. The number of halogens is 2. The minimum absolute atomic E-state index is 0. The number of nitrogens with zero attached hydrogens (tertiary/aromatic N) is 3. The van der Waals surface area contributed by atoms with Gasteiger partial charge in [0.2, 0.25) is 0 Å². The molecule has 0 bridgehead atoms. The van der Waals surface area contributed by atoms with Crippen LogP contribution in [-0.2, 0) is 5.54 Å². The van der Waals surface area contributed by atoms with Gasteiger partial charge in [-0.15, -0.1) is 12.4 Å². The molecule has 2 heterocycles. The number of hydrogen-bond donors (Lipinski definition) is 2. The Balaban J connectivity index is 0.00000156. The average Bonchev–Trinajstić information content (AvgIpc) is 3.14. The number of H-pyrrole nitrogens is 1. The second-order valence-electron chi connectivity index (χ2n) is 5.61. The van der Waals surface area contributed by atoms with Crippen molar-refractivity contribution >= 4 is 12.4 Å². The normalized spacial score (nSPS) is 15.7. The summed E-state index contributed by atoms with van der Waals surface area (Å²) in [6, 6.07) is 7.90. The van der Waals surface area contributed by atoms with Crippen molar-refractivity contribution in [1.29, 1.82) is 0 Å². The molecule has 4 rings (SSSR count). The van der Waals surface area contributed by atoms with E-state index >= 15 is 0 Å². The predicted molar refractivity (Wildman–Crippen MR) is 84.2 cm³/mol. The van der Waals surface area contributed by atoms with Crippen LogP contribution in [0.5, 0.6) is 0 Å². The Morgan fingerprint density at radius 2 is 1.96 bits per heavy atom. The highest BCUT2D eigenvalue weighted by Gasteiger charge is 2.39. The van der Waals surface area contributed by atoms with Gasteiger partial charge in [-0.1, -0.05) is 5.16 Å². The molecular formula is C15H15ClFN5O. The maximum Gasteiger partial charge on any atom is 0.276 e. The summed E-state index contributed by atoms with van der Waals surface area (Å²) in [5.41, 5.74) is 7.82. The fourth-order valence-electron chi connectivity index (χ4n) is 2.52. The number of hydrogen-bond acceptors (Lipinski definition) is 5. The zero-order valence-electron chi connectivity index (χ0n) is 12.1. The number of nitrogens with one attached hydrogen (secondary N) is 1. The molecule has 1 aliphatic carbocycles. The third-order valence-electron chi connectivity index (χ3n) is 4.07. The molecule has 1 aliphatic rings. The van der Waals surface area contributed by atoms with E-state index < -0.39 is 5.54 Å². The first-order valence-electron chi connectivity index (χ1n) is 7.09. The number of rotatable bonds is 3. The van der Waals surface area contributed by atoms with Crippen LogP contribution in [0.2, 0.25) is 0 Å². The maximum absolute atomic E-state index is 13.0. The fraction of sp³-hybridized carbons (Fsp3) is 0.267. The Morgan fingerprint density at radius 3 is 2.61 bits per heavy atom. The van der Waals surface area contributed by atoms with Gasteiger partial charge >= 0.3 is 0 Å². The summed E-state index contributed by atoms with van der Waals surface area (Å²) in [5, 5.41) is 11.0. The molecule has 0 amide bonds. The fourth-order valence-corrected chi connectivity index (χ4v) is 2.52. The van der Waals surface area contributed by atoms with Crippen molar-refractivity contribution < 1.29 is 8.91 Å². The van der Waals surface area contributed by atoms with Gasteiger partial charge in [0.05, 0.1) is 11.2 Å². The highest BCUT2D eigenvalue weighted by Crippen LogP contribution is 2.37. The molecule has 0 atom stereocenters. The Hall–Kier alpha value is -2.25. The highest BCUT2D eigenvalue weighted by atomic mass is 35.5. The summed E-state index contributed by atoms with van der Waals surface area (Å²) in [7, 11) is 0. The summed E-state index contributed by atoms with van der Waals surface area (Å²) in [6.07, 6.45) is 2.82. The third-order valence-corrected chi connectivity index (χ3v) is 4.07. The molecule has 6 nitrogen and oxygen atoms in total. The smallest absolute Gasteiger partial charge is 0.276 e. The SMILES string of the molecule is Cl.NC1(c2noc(-c3cc(-c4ccc(F)cc4)n[nH]3)n2)CCC1. The molecule has 2 aromatic heterocycles. The van der Waals surface area contributed by atoms with Crippen molar-refractivity contribution in [2.45, 2.75) is 24.8 Å². The van der Waals surface area contributed by atoms with Gasteiger partial charge in [-0.2, -0.15) is 10.1 Å². The molecule has 1 saturated carbocycles. The largest absolute Gasteiger partial charge is 0.332 e. The average molecular weight is 336 g/mol. The van der Waals surface area contributed by atoms with E-state index in [2.05, 4.69) is 20.3 Å². The maximum atomic E-state index is 13.0. The van der Waals surface area contributed by atoms with Crippen molar-refractivity contribution in [3.8, 4) is 22.8 Å². The van der Waals surface area contributed by atoms with E-state index in [0.717, 1.165) is 24.8 Å². The quantitative estimate of drug-likeness (QED) is 0.767. The van der Waals surface area contributed by atoms with E-state index in [1.807, 2.05) is 0 Å². The molecule has 3 aromatic rings. The van der Waals surface area contributed by atoms with Gasteiger partial charge in [-0.3, -0.25) is 5.10 Å². The molecule has 8 heteroatoms. The molecule has 0 saturated heterocycles. The molecule has 0 radical (unpaired) electrons. The van der Waals surface area contributed by atoms with Crippen molar-refractivity contribution in [1.82, 2.24) is 20.3 Å². The summed E-state index contributed by atoms with van der Waals surface area (Å²) in [5.74, 6) is 0.606. The van der Waals surface area contributed by atoms with E-state index in [1.165, 1.54) is 12.1 Å². The molecule has 0 aliphatic heterocycles. The molecule has 0 unspecified atom stereocenters. The molecular weight excluding hydrogens is 321 g/mol. The van der Waals surface area contributed by atoms with Crippen LogP contribution in [0.15, 0.2) is 34.9 Å². The number of aromatic amines is 1. The summed E-state index contributed by atoms with van der Waals surface area (Å²) in [4.78, 5) is 4.36. The summed E-state index contributed by atoms with van der Waals surface area (Å²) in [6.45, 7) is 0. The van der Waals surface area contributed by atoms with Gasteiger partial charge in [0.15, 0.2) is 5.82 Å². The first kappa shape index (κ1) is 15.6. The van der Waals surface area contributed by atoms with Crippen LogP contribution >= 0.6 is 12.4 Å². The van der Waals surface area contributed by atoms with Gasteiger partial charge < -0.3 is 10.3 Å². The number of nitrogens with two attached hydrogens (primary N) is 1. The van der Waals surface area contributed by atoms with Gasteiger partial charge in [-0.25, -0.2) is 4.39 Å². The topological polar surface area (TPSA) is 93.6 Å². The Kier molecular flexibility index (Phi) is 3.91. The third kappa shape index (κ3) is 2.73. The van der Waals surface area contributed by atoms with Gasteiger partial charge in [0.25, 0.3) is 5.89 Å². The van der Waals surface area contributed by atoms with Crippen molar-refractivity contribution in [3.05, 3.63) is 42.0 Å². The first-order chi connectivity index (χ1) is 10.6. The van der Waals surface area contributed by atoms with Crippen molar-refractivity contribution in [3.63, 3.8) is 0 Å². The van der Waals surface area contributed by atoms with Crippen molar-refractivity contribution in [2.75, 3.05) is 0 Å². The lowest BCUT2D eigenvalue weighted by molar-refractivity contribution is 0.229. The molecule has 0 spiro atoms. The number of aromatic nitrogens is 4. The molecule has 120 valence electrons. The van der Waals surface area contributed by atoms with Crippen LogP contribution in [0, 0.1) is 5.82 Å². The molecule has 1 fully saturated rings. The minimum atomic E-state index is -0.457. The summed E-state index contributed by atoms with van der Waals surface area (Å²) >= 11 is 0. The van der Waals surface area contributed by atoms with Crippen molar-refractivity contribution in [2.24, 2.45) is 5.73 Å². The van der Waals surface area contributed by atoms with Gasteiger partial charge in [0.1, 0.15) is 11.5 Å². The molecule has 1 aromatic carbocycles. The predicted octanol–water partition coefficient (Wildman–Crippen LogP) is 3.03. The van der Waals surface area contributed by atoms with Crippen LogP contribution in [0.3, 0.4) is 0 Å². The Labute approximate surface area is 137 Å². The van der Waals surface area contributed by atoms with Crippen LogP contribution in [0.1, 0.15) is 25.1 Å². The molecule has 23 heavy (non-hydrogen) atoms. The summed E-state index contributed by atoms with van der Waals surface area (Å²) < 4.78 is 18.2. The number of benzene rings is 1. The lowest BCUT2D eigenvalue weighted by Crippen LogP contribution is -2.44. The van der Waals surface area contributed by atoms with E-state index in [9.17, 15) is 4.39 Å². The van der Waals surface area contributed by atoms with Crippen LogP contribution in [-0.4, -0.2) is 20.3 Å². The van der Waals surface area contributed by atoms with E-state index in [1.54, 1.807) is 18.2 Å². The Morgan fingerprint density at radius 1 is 1.22 bits per heavy atom. The van der Waals surface area contributed by atoms with E-state index in [0.29, 0.717) is 23.1 Å². The zero-order valence-corrected chi connectivity index (χ0v) is 12.9. The van der Waals surface area contributed by atoms with E-state index in [-0.39, 0.29) is 18.2 Å². The minimum Gasteiger partial charge on any atom is -0.332 e. The van der Waals surface area contributed by atoms with Gasteiger partial charge in [0, 0.05) is 5.56 Å². The second-order valence-corrected chi connectivity index (χ2v) is 5.61. The Bertz CT molecular complexity index is 809. The zero-order chi connectivity index (χ0) is 15.2. The molecule has 3 N–H and O–H groups in total. The van der Waals surface area contributed by atoms with Crippen LogP contribution in [0.25, 0.3) is 22.8 Å². The highest BCUT2D eigenvalue weighted by molar-refractivity contribution is 5.85. The van der Waals surface area contributed by atoms with Crippen LogP contribution in [0.4, 0.5) is 4.39 Å². The van der Waals surface area contributed by atoms with Gasteiger partial charge in [-0.05, 0) is 49.6 Å². The van der Waals surface area contributed by atoms with Crippen LogP contribution < -0.4 is 5.73 Å².